The predicted molar refractivity (Wildman–Crippen MR) is 78.6 cm³/mol. The molecule has 98 valence electrons. The van der Waals surface area contributed by atoms with E-state index in [4.69, 9.17) is 0 Å². The van der Waals surface area contributed by atoms with Crippen LogP contribution >= 0.6 is 0 Å². The van der Waals surface area contributed by atoms with Gasteiger partial charge in [-0.25, -0.2) is 0 Å². The number of aryl methyl sites for hydroxylation is 1. The van der Waals surface area contributed by atoms with Crippen molar-refractivity contribution in [1.29, 1.82) is 0 Å². The minimum atomic E-state index is 0.838. The number of anilines is 1. The molecule has 1 aromatic carbocycles. The van der Waals surface area contributed by atoms with E-state index in [1.54, 1.807) is 0 Å². The molecule has 3 nitrogen and oxygen atoms in total. The minimum Gasteiger partial charge on any atom is -0.378 e. The molecule has 0 amide bonds. The van der Waals surface area contributed by atoms with Gasteiger partial charge in [0.1, 0.15) is 5.84 Å². The van der Waals surface area contributed by atoms with Crippen LogP contribution in [0.15, 0.2) is 23.2 Å². The Morgan fingerprint density at radius 1 is 1.33 bits per heavy atom. The number of hydrogen-bond donors (Lipinski definition) is 1. The minimum absolute atomic E-state index is 0.838. The number of rotatable bonds is 5. The number of hydrogen-bond acceptors (Lipinski definition) is 3. The van der Waals surface area contributed by atoms with Gasteiger partial charge >= 0.3 is 0 Å². The number of nitrogens with zero attached hydrogens (tertiary/aromatic N) is 2. The third-order valence-electron chi connectivity index (χ3n) is 3.56. The van der Waals surface area contributed by atoms with E-state index in [1.165, 1.54) is 29.1 Å². The van der Waals surface area contributed by atoms with Crippen molar-refractivity contribution in [3.8, 4) is 0 Å². The zero-order valence-electron chi connectivity index (χ0n) is 11.7. The van der Waals surface area contributed by atoms with Gasteiger partial charge in [0.2, 0.25) is 0 Å². The van der Waals surface area contributed by atoms with Gasteiger partial charge in [0.05, 0.1) is 13.1 Å². The summed E-state index contributed by atoms with van der Waals surface area (Å²) in [5, 5.41) is 3.51. The summed E-state index contributed by atoms with van der Waals surface area (Å²) >= 11 is 0. The van der Waals surface area contributed by atoms with E-state index < -0.39 is 0 Å². The van der Waals surface area contributed by atoms with Crippen molar-refractivity contribution in [2.24, 2.45) is 4.99 Å². The Morgan fingerprint density at radius 2 is 2.17 bits per heavy atom. The second-order valence-electron chi connectivity index (χ2n) is 4.89. The number of aliphatic imine (C=N–C) groups is 1. The van der Waals surface area contributed by atoms with Gasteiger partial charge in [-0.3, -0.25) is 4.99 Å². The monoisotopic (exact) mass is 245 g/mol. The van der Waals surface area contributed by atoms with E-state index in [0.29, 0.717) is 0 Å². The highest BCUT2D eigenvalue weighted by Crippen LogP contribution is 2.18. The summed E-state index contributed by atoms with van der Waals surface area (Å²) in [6.45, 7) is 10.5. The molecule has 0 aliphatic carbocycles. The lowest BCUT2D eigenvalue weighted by Crippen LogP contribution is -2.33. The van der Waals surface area contributed by atoms with Crippen LogP contribution in [0.1, 0.15) is 24.5 Å². The fourth-order valence-corrected chi connectivity index (χ4v) is 2.32. The van der Waals surface area contributed by atoms with Crippen LogP contribution in [0.4, 0.5) is 5.69 Å². The average Bonchev–Trinajstić information content (AvgIpc) is 2.79. The summed E-state index contributed by atoms with van der Waals surface area (Å²) < 4.78 is 0. The van der Waals surface area contributed by atoms with Crippen molar-refractivity contribution < 1.29 is 0 Å². The predicted octanol–water partition coefficient (Wildman–Crippen LogP) is 2.84. The molecule has 0 unspecified atom stereocenters. The normalized spacial score (nSPS) is 14.8. The SMILES string of the molecule is CCCN1CCN=C1CNc1cccc(C)c1C. The Bertz CT molecular complexity index is 437. The second kappa shape index (κ2) is 5.89. The third kappa shape index (κ3) is 2.84. The maximum absolute atomic E-state index is 4.58. The van der Waals surface area contributed by atoms with Crippen LogP contribution in [0.3, 0.4) is 0 Å². The maximum Gasteiger partial charge on any atom is 0.118 e. The molecule has 0 radical (unpaired) electrons. The molecule has 0 aromatic heterocycles. The third-order valence-corrected chi connectivity index (χ3v) is 3.56. The van der Waals surface area contributed by atoms with Gasteiger partial charge in [0.15, 0.2) is 0 Å². The highest BCUT2D eigenvalue weighted by atomic mass is 15.2. The lowest BCUT2D eigenvalue weighted by molar-refractivity contribution is 0.452. The topological polar surface area (TPSA) is 27.6 Å². The zero-order valence-corrected chi connectivity index (χ0v) is 11.7. The lowest BCUT2D eigenvalue weighted by atomic mass is 10.1. The fraction of sp³-hybridized carbons (Fsp3) is 0.533. The number of benzene rings is 1. The Morgan fingerprint density at radius 3 is 2.94 bits per heavy atom. The van der Waals surface area contributed by atoms with Crippen LogP contribution in [0.25, 0.3) is 0 Å². The van der Waals surface area contributed by atoms with Crippen molar-refractivity contribution in [2.45, 2.75) is 27.2 Å². The molecule has 1 aliphatic rings. The smallest absolute Gasteiger partial charge is 0.118 e. The first-order valence-corrected chi connectivity index (χ1v) is 6.80. The molecule has 1 heterocycles. The maximum atomic E-state index is 4.58. The van der Waals surface area contributed by atoms with Gasteiger partial charge in [-0.15, -0.1) is 0 Å². The standard InChI is InChI=1S/C15H23N3/c1-4-9-18-10-8-16-15(18)11-17-14-7-5-6-12(2)13(14)3/h5-7,17H,4,8-11H2,1-3H3. The summed E-state index contributed by atoms with van der Waals surface area (Å²) in [6, 6.07) is 6.39. The quantitative estimate of drug-likeness (QED) is 0.864. The van der Waals surface area contributed by atoms with Crippen LogP contribution in [-0.4, -0.2) is 36.9 Å². The van der Waals surface area contributed by atoms with Crippen molar-refractivity contribution in [1.82, 2.24) is 4.90 Å². The Labute approximate surface area is 110 Å². The second-order valence-corrected chi connectivity index (χ2v) is 4.89. The highest BCUT2D eigenvalue weighted by Gasteiger charge is 2.15. The Hall–Kier alpha value is -1.51. The average molecular weight is 245 g/mol. The number of nitrogens with one attached hydrogen (secondary N) is 1. The molecular weight excluding hydrogens is 222 g/mol. The molecule has 0 spiro atoms. The Balaban J connectivity index is 1.97. The summed E-state index contributed by atoms with van der Waals surface area (Å²) in [6.07, 6.45) is 1.18. The van der Waals surface area contributed by atoms with E-state index in [-0.39, 0.29) is 0 Å². The molecule has 1 aromatic rings. The van der Waals surface area contributed by atoms with Gasteiger partial charge in [-0.2, -0.15) is 0 Å². The Kier molecular flexibility index (Phi) is 4.24. The van der Waals surface area contributed by atoms with Gasteiger partial charge in [-0.05, 0) is 37.5 Å². The summed E-state index contributed by atoms with van der Waals surface area (Å²) in [5.74, 6) is 1.21. The molecule has 1 aliphatic heterocycles. The van der Waals surface area contributed by atoms with Gasteiger partial charge in [0, 0.05) is 18.8 Å². The molecule has 0 atom stereocenters. The molecule has 0 saturated heterocycles. The van der Waals surface area contributed by atoms with Crippen molar-refractivity contribution in [3.63, 3.8) is 0 Å². The van der Waals surface area contributed by atoms with Gasteiger partial charge < -0.3 is 10.2 Å². The molecule has 0 saturated carbocycles. The molecular formula is C15H23N3. The van der Waals surface area contributed by atoms with Crippen molar-refractivity contribution in [3.05, 3.63) is 29.3 Å². The van der Waals surface area contributed by atoms with E-state index in [1.807, 2.05) is 0 Å². The summed E-state index contributed by atoms with van der Waals surface area (Å²) in [4.78, 5) is 6.97. The summed E-state index contributed by atoms with van der Waals surface area (Å²) in [7, 11) is 0. The van der Waals surface area contributed by atoms with Crippen LogP contribution < -0.4 is 5.32 Å². The first kappa shape index (κ1) is 12.9. The molecule has 0 fully saturated rings. The molecule has 1 N–H and O–H groups in total. The fourth-order valence-electron chi connectivity index (χ4n) is 2.32. The van der Waals surface area contributed by atoms with E-state index in [0.717, 1.165) is 26.2 Å². The molecule has 2 rings (SSSR count). The zero-order chi connectivity index (χ0) is 13.0. The van der Waals surface area contributed by atoms with Gasteiger partial charge in [0.25, 0.3) is 0 Å². The molecule has 0 bridgehead atoms. The van der Waals surface area contributed by atoms with E-state index >= 15 is 0 Å². The van der Waals surface area contributed by atoms with Crippen molar-refractivity contribution in [2.75, 3.05) is 31.5 Å². The largest absolute Gasteiger partial charge is 0.378 e. The number of amidine groups is 1. The van der Waals surface area contributed by atoms with Crippen LogP contribution in [0.2, 0.25) is 0 Å². The lowest BCUT2D eigenvalue weighted by Gasteiger charge is -2.20. The summed E-state index contributed by atoms with van der Waals surface area (Å²) in [5.41, 5.74) is 3.89. The van der Waals surface area contributed by atoms with Crippen molar-refractivity contribution >= 4 is 11.5 Å². The van der Waals surface area contributed by atoms with Crippen LogP contribution in [0, 0.1) is 13.8 Å². The van der Waals surface area contributed by atoms with E-state index in [9.17, 15) is 0 Å². The molecule has 3 heteroatoms. The van der Waals surface area contributed by atoms with Gasteiger partial charge in [-0.1, -0.05) is 19.1 Å². The first-order chi connectivity index (χ1) is 8.72. The first-order valence-electron chi connectivity index (χ1n) is 6.80. The van der Waals surface area contributed by atoms with Crippen LogP contribution in [-0.2, 0) is 0 Å². The highest BCUT2D eigenvalue weighted by molar-refractivity contribution is 5.87. The van der Waals surface area contributed by atoms with E-state index in [2.05, 4.69) is 54.2 Å². The van der Waals surface area contributed by atoms with Crippen LogP contribution in [0.5, 0.6) is 0 Å². The molecule has 18 heavy (non-hydrogen) atoms.